The molecule has 0 saturated heterocycles. The minimum Gasteiger partial charge on any atom is -0.325 e. The maximum absolute atomic E-state index is 11.9. The van der Waals surface area contributed by atoms with Crippen LogP contribution >= 0.6 is 11.8 Å². The first-order chi connectivity index (χ1) is 9.79. The maximum Gasteiger partial charge on any atom is 0.234 e. The summed E-state index contributed by atoms with van der Waals surface area (Å²) in [5, 5.41) is 3.23. The molecule has 0 aliphatic carbocycles. The summed E-state index contributed by atoms with van der Waals surface area (Å²) in [6.45, 7) is 2.14. The Labute approximate surface area is 123 Å². The van der Waals surface area contributed by atoms with Crippen LogP contribution in [-0.2, 0) is 4.79 Å². The van der Waals surface area contributed by atoms with Crippen molar-refractivity contribution in [3.63, 3.8) is 0 Å². The predicted molar refractivity (Wildman–Crippen MR) is 84.8 cm³/mol. The molecule has 104 valence electrons. The molecule has 3 nitrogen and oxygen atoms in total. The van der Waals surface area contributed by atoms with Gasteiger partial charge in [0.05, 0.1) is 5.75 Å². The summed E-state index contributed by atoms with van der Waals surface area (Å²) in [6.07, 6.45) is 4.35. The summed E-state index contributed by atoms with van der Waals surface area (Å²) in [5.41, 5.74) is 2.06. The number of rotatable bonds is 6. The van der Waals surface area contributed by atoms with Crippen molar-refractivity contribution in [2.24, 2.45) is 0 Å². The van der Waals surface area contributed by atoms with E-state index in [-0.39, 0.29) is 5.91 Å². The number of carbonyl (C=O) groups is 1. The third-order valence-corrected chi connectivity index (χ3v) is 4.36. The standard InChI is InChI=1S/C16H18N2OS/c1-2-15(13-6-4-3-5-7-13)20-12-16(19)18-14-8-10-17-11-9-14/h3-11,15H,2,12H2,1H3,(H,17,18,19). The second-order valence-corrected chi connectivity index (χ2v) is 5.59. The number of hydrogen-bond donors (Lipinski definition) is 1. The summed E-state index contributed by atoms with van der Waals surface area (Å²) < 4.78 is 0. The number of amides is 1. The highest BCUT2D eigenvalue weighted by Crippen LogP contribution is 2.31. The minimum atomic E-state index is 0.0237. The van der Waals surface area contributed by atoms with Crippen molar-refractivity contribution in [3.8, 4) is 0 Å². The van der Waals surface area contributed by atoms with Gasteiger partial charge in [-0.3, -0.25) is 9.78 Å². The van der Waals surface area contributed by atoms with E-state index in [1.165, 1.54) is 5.56 Å². The van der Waals surface area contributed by atoms with Gasteiger partial charge in [-0.25, -0.2) is 0 Å². The summed E-state index contributed by atoms with van der Waals surface area (Å²) in [6, 6.07) is 13.9. The van der Waals surface area contributed by atoms with Crippen molar-refractivity contribution < 1.29 is 4.79 Å². The number of nitrogens with zero attached hydrogens (tertiary/aromatic N) is 1. The predicted octanol–water partition coefficient (Wildman–Crippen LogP) is 3.90. The number of anilines is 1. The van der Waals surface area contributed by atoms with Crippen LogP contribution in [0, 0.1) is 0 Å². The fourth-order valence-corrected chi connectivity index (χ4v) is 2.94. The van der Waals surface area contributed by atoms with Crippen molar-refractivity contribution in [3.05, 3.63) is 60.4 Å². The molecule has 0 aliphatic rings. The zero-order valence-electron chi connectivity index (χ0n) is 11.5. The molecule has 4 heteroatoms. The number of hydrogen-bond acceptors (Lipinski definition) is 3. The lowest BCUT2D eigenvalue weighted by Crippen LogP contribution is -2.14. The molecule has 0 saturated carbocycles. The largest absolute Gasteiger partial charge is 0.325 e. The van der Waals surface area contributed by atoms with Crippen molar-refractivity contribution >= 4 is 23.4 Å². The fraction of sp³-hybridized carbons (Fsp3) is 0.250. The summed E-state index contributed by atoms with van der Waals surface area (Å²) in [4.78, 5) is 15.8. The number of benzene rings is 1. The van der Waals surface area contributed by atoms with E-state index in [9.17, 15) is 4.79 Å². The van der Waals surface area contributed by atoms with E-state index in [0.29, 0.717) is 11.0 Å². The average Bonchev–Trinajstić information content (AvgIpc) is 2.50. The number of pyridine rings is 1. The molecule has 20 heavy (non-hydrogen) atoms. The van der Waals surface area contributed by atoms with Gasteiger partial charge in [-0.05, 0) is 24.1 Å². The number of thioether (sulfide) groups is 1. The van der Waals surface area contributed by atoms with Crippen molar-refractivity contribution in [2.45, 2.75) is 18.6 Å². The maximum atomic E-state index is 11.9. The van der Waals surface area contributed by atoms with Crippen LogP contribution in [0.5, 0.6) is 0 Å². The molecule has 1 heterocycles. The molecule has 0 radical (unpaired) electrons. The van der Waals surface area contributed by atoms with Gasteiger partial charge in [-0.2, -0.15) is 0 Å². The second-order valence-electron chi connectivity index (χ2n) is 4.40. The molecule has 2 aromatic rings. The molecule has 1 aromatic carbocycles. The van der Waals surface area contributed by atoms with E-state index >= 15 is 0 Å². The van der Waals surface area contributed by atoms with Crippen LogP contribution in [0.3, 0.4) is 0 Å². The van der Waals surface area contributed by atoms with Gasteiger partial charge in [0.15, 0.2) is 0 Å². The third-order valence-electron chi connectivity index (χ3n) is 2.92. The molecule has 1 unspecified atom stereocenters. The third kappa shape index (κ3) is 4.38. The Morgan fingerprint density at radius 2 is 1.90 bits per heavy atom. The SMILES string of the molecule is CCC(SCC(=O)Nc1ccncc1)c1ccccc1. The molecule has 0 bridgehead atoms. The van der Waals surface area contributed by atoms with E-state index in [1.54, 1.807) is 36.3 Å². The first-order valence-electron chi connectivity index (χ1n) is 6.66. The Morgan fingerprint density at radius 1 is 1.20 bits per heavy atom. The quantitative estimate of drug-likeness (QED) is 0.875. The highest BCUT2D eigenvalue weighted by atomic mass is 32.2. The van der Waals surface area contributed by atoms with Gasteiger partial charge in [-0.1, -0.05) is 37.3 Å². The van der Waals surface area contributed by atoms with Gasteiger partial charge in [-0.15, -0.1) is 11.8 Å². The Bertz CT molecular complexity index is 531. The van der Waals surface area contributed by atoms with E-state index in [1.807, 2.05) is 18.2 Å². The lowest BCUT2D eigenvalue weighted by Gasteiger charge is -2.14. The first-order valence-corrected chi connectivity index (χ1v) is 7.71. The zero-order chi connectivity index (χ0) is 14.2. The number of nitrogens with one attached hydrogen (secondary N) is 1. The Hall–Kier alpha value is -1.81. The van der Waals surface area contributed by atoms with Crippen molar-refractivity contribution in [1.82, 2.24) is 4.98 Å². The lowest BCUT2D eigenvalue weighted by molar-refractivity contribution is -0.113. The van der Waals surface area contributed by atoms with E-state index in [4.69, 9.17) is 0 Å². The van der Waals surface area contributed by atoms with Gasteiger partial charge in [0.2, 0.25) is 5.91 Å². The molecule has 0 aliphatic heterocycles. The van der Waals surface area contributed by atoms with Crippen LogP contribution < -0.4 is 5.32 Å². The Morgan fingerprint density at radius 3 is 2.55 bits per heavy atom. The minimum absolute atomic E-state index is 0.0237. The summed E-state index contributed by atoms with van der Waals surface area (Å²) in [7, 11) is 0. The smallest absolute Gasteiger partial charge is 0.234 e. The Balaban J connectivity index is 1.86. The van der Waals surface area contributed by atoms with Crippen molar-refractivity contribution in [1.29, 1.82) is 0 Å². The molecule has 1 N–H and O–H groups in total. The fourth-order valence-electron chi connectivity index (χ4n) is 1.93. The number of aromatic nitrogens is 1. The van der Waals surface area contributed by atoms with Gasteiger partial charge in [0, 0.05) is 23.3 Å². The average molecular weight is 286 g/mol. The molecule has 2 rings (SSSR count). The molecule has 1 atom stereocenters. The molecule has 1 amide bonds. The summed E-state index contributed by atoms with van der Waals surface area (Å²) in [5.74, 6) is 0.478. The normalized spacial score (nSPS) is 11.8. The van der Waals surface area contributed by atoms with Crippen LogP contribution in [0.15, 0.2) is 54.9 Å². The highest BCUT2D eigenvalue weighted by Gasteiger charge is 2.12. The van der Waals surface area contributed by atoms with Crippen LogP contribution in [0.4, 0.5) is 5.69 Å². The highest BCUT2D eigenvalue weighted by molar-refractivity contribution is 8.00. The zero-order valence-corrected chi connectivity index (χ0v) is 12.3. The summed E-state index contributed by atoms with van der Waals surface area (Å²) >= 11 is 1.67. The second kappa shape index (κ2) is 7.70. The molecule has 0 spiro atoms. The molecule has 0 fully saturated rings. The molecular weight excluding hydrogens is 268 g/mol. The van der Waals surface area contributed by atoms with Crippen LogP contribution in [0.1, 0.15) is 24.2 Å². The number of carbonyl (C=O) groups excluding carboxylic acids is 1. The van der Waals surface area contributed by atoms with Crippen LogP contribution in [0.25, 0.3) is 0 Å². The first kappa shape index (κ1) is 14.6. The van der Waals surface area contributed by atoms with Crippen molar-refractivity contribution in [2.75, 3.05) is 11.1 Å². The van der Waals surface area contributed by atoms with Gasteiger partial charge >= 0.3 is 0 Å². The van der Waals surface area contributed by atoms with E-state index in [2.05, 4.69) is 29.4 Å². The lowest BCUT2D eigenvalue weighted by atomic mass is 10.1. The van der Waals surface area contributed by atoms with Gasteiger partial charge in [0.25, 0.3) is 0 Å². The monoisotopic (exact) mass is 286 g/mol. The topological polar surface area (TPSA) is 42.0 Å². The Kier molecular flexibility index (Phi) is 5.62. The van der Waals surface area contributed by atoms with Crippen LogP contribution in [-0.4, -0.2) is 16.6 Å². The van der Waals surface area contributed by atoms with Gasteiger partial charge in [0.1, 0.15) is 0 Å². The van der Waals surface area contributed by atoms with E-state index in [0.717, 1.165) is 12.1 Å². The van der Waals surface area contributed by atoms with Gasteiger partial charge < -0.3 is 5.32 Å². The van der Waals surface area contributed by atoms with Crippen LogP contribution in [0.2, 0.25) is 0 Å². The molecular formula is C16H18N2OS. The molecule has 1 aromatic heterocycles. The van der Waals surface area contributed by atoms with E-state index < -0.39 is 0 Å².